The number of aromatic nitrogens is 1. The quantitative estimate of drug-likeness (QED) is 0.452. The van der Waals surface area contributed by atoms with Gasteiger partial charge in [-0.2, -0.15) is 0 Å². The van der Waals surface area contributed by atoms with Gasteiger partial charge in [-0.15, -0.1) is 0 Å². The standard InChI is InChI=1S/C27H32FN3O3/c1-2-15-31(27(33)21-6-3-4-7-21)18-23-8-5-16-30(23)19-24-13-14-25(34-24)26(32)29-17-20-9-11-22(28)12-10-20/h5,8-14,16,21H,2-4,6-7,15,17-19H2,1H3,(H,29,32). The Hall–Kier alpha value is -3.35. The van der Waals surface area contributed by atoms with E-state index in [1.165, 1.54) is 12.1 Å². The van der Waals surface area contributed by atoms with Gasteiger partial charge in [-0.25, -0.2) is 4.39 Å². The first kappa shape index (κ1) is 23.8. The molecular formula is C27H32FN3O3. The third-order valence-corrected chi connectivity index (χ3v) is 6.36. The first-order valence-corrected chi connectivity index (χ1v) is 12.1. The zero-order valence-electron chi connectivity index (χ0n) is 19.6. The van der Waals surface area contributed by atoms with Crippen molar-refractivity contribution in [3.8, 4) is 0 Å². The minimum absolute atomic E-state index is 0.163. The van der Waals surface area contributed by atoms with Gasteiger partial charge in [-0.05, 0) is 61.2 Å². The summed E-state index contributed by atoms with van der Waals surface area (Å²) in [7, 11) is 0. The molecule has 1 aromatic carbocycles. The highest BCUT2D eigenvalue weighted by Gasteiger charge is 2.27. The first-order chi connectivity index (χ1) is 16.5. The van der Waals surface area contributed by atoms with Gasteiger partial charge in [0, 0.05) is 30.9 Å². The molecule has 6 nitrogen and oxygen atoms in total. The predicted octanol–water partition coefficient (Wildman–Crippen LogP) is 5.13. The Morgan fingerprint density at radius 3 is 2.62 bits per heavy atom. The highest BCUT2D eigenvalue weighted by molar-refractivity contribution is 5.91. The van der Waals surface area contributed by atoms with E-state index >= 15 is 0 Å². The molecule has 0 aliphatic heterocycles. The maximum Gasteiger partial charge on any atom is 0.287 e. The minimum atomic E-state index is -0.320. The Morgan fingerprint density at radius 2 is 1.88 bits per heavy atom. The number of nitrogens with one attached hydrogen (secondary N) is 1. The molecule has 0 bridgehead atoms. The molecule has 0 unspecified atom stereocenters. The highest BCUT2D eigenvalue weighted by Crippen LogP contribution is 2.27. The third-order valence-electron chi connectivity index (χ3n) is 6.36. The Kier molecular flexibility index (Phi) is 7.83. The molecule has 2 aromatic heterocycles. The van der Waals surface area contributed by atoms with Crippen molar-refractivity contribution >= 4 is 11.8 Å². The summed E-state index contributed by atoms with van der Waals surface area (Å²) < 4.78 is 20.9. The Morgan fingerprint density at radius 1 is 1.12 bits per heavy atom. The fourth-order valence-electron chi connectivity index (χ4n) is 4.54. The van der Waals surface area contributed by atoms with Crippen LogP contribution in [0.3, 0.4) is 0 Å². The van der Waals surface area contributed by atoms with Gasteiger partial charge in [0.05, 0.1) is 13.1 Å². The van der Waals surface area contributed by atoms with Crippen molar-refractivity contribution in [1.29, 1.82) is 0 Å². The van der Waals surface area contributed by atoms with Crippen LogP contribution in [0.25, 0.3) is 0 Å². The molecule has 34 heavy (non-hydrogen) atoms. The topological polar surface area (TPSA) is 67.5 Å². The van der Waals surface area contributed by atoms with Crippen LogP contribution >= 0.6 is 0 Å². The summed E-state index contributed by atoms with van der Waals surface area (Å²) in [5.41, 5.74) is 1.85. The molecule has 180 valence electrons. The van der Waals surface area contributed by atoms with Crippen LogP contribution in [0.2, 0.25) is 0 Å². The molecule has 4 rings (SSSR count). The average molecular weight is 466 g/mol. The molecule has 7 heteroatoms. The van der Waals surface area contributed by atoms with Crippen molar-refractivity contribution in [2.24, 2.45) is 5.92 Å². The second-order valence-corrected chi connectivity index (χ2v) is 8.94. The highest BCUT2D eigenvalue weighted by atomic mass is 19.1. The molecule has 3 aromatic rings. The summed E-state index contributed by atoms with van der Waals surface area (Å²) in [6.07, 6.45) is 7.18. The van der Waals surface area contributed by atoms with Gasteiger partial charge >= 0.3 is 0 Å². The molecule has 0 atom stereocenters. The number of amides is 2. The largest absolute Gasteiger partial charge is 0.454 e. The van der Waals surface area contributed by atoms with Crippen LogP contribution in [0, 0.1) is 11.7 Å². The zero-order valence-corrected chi connectivity index (χ0v) is 19.6. The van der Waals surface area contributed by atoms with E-state index in [4.69, 9.17) is 4.42 Å². The molecular weight excluding hydrogens is 433 g/mol. The number of hydrogen-bond acceptors (Lipinski definition) is 3. The second kappa shape index (κ2) is 11.2. The van der Waals surface area contributed by atoms with Crippen LogP contribution < -0.4 is 5.32 Å². The van der Waals surface area contributed by atoms with Crippen LogP contribution in [0.5, 0.6) is 0 Å². The molecule has 1 fully saturated rings. The summed E-state index contributed by atoms with van der Waals surface area (Å²) in [4.78, 5) is 27.5. The summed E-state index contributed by atoms with van der Waals surface area (Å²) in [5, 5.41) is 2.79. The lowest BCUT2D eigenvalue weighted by Crippen LogP contribution is -2.36. The van der Waals surface area contributed by atoms with Crippen LogP contribution in [0.15, 0.2) is 59.1 Å². The Balaban J connectivity index is 1.36. The number of carbonyl (C=O) groups is 2. The fraction of sp³-hybridized carbons (Fsp3) is 0.407. The van der Waals surface area contributed by atoms with Crippen LogP contribution in [0.1, 0.15) is 66.6 Å². The van der Waals surface area contributed by atoms with Gasteiger partial charge in [0.25, 0.3) is 5.91 Å². The molecule has 0 radical (unpaired) electrons. The lowest BCUT2D eigenvalue weighted by atomic mass is 10.1. The average Bonchev–Trinajstić information content (AvgIpc) is 3.61. The second-order valence-electron chi connectivity index (χ2n) is 8.94. The van der Waals surface area contributed by atoms with E-state index in [2.05, 4.69) is 16.8 Å². The predicted molar refractivity (Wildman–Crippen MR) is 127 cm³/mol. The van der Waals surface area contributed by atoms with Crippen molar-refractivity contribution < 1.29 is 18.4 Å². The number of halogens is 1. The van der Waals surface area contributed by atoms with E-state index in [0.29, 0.717) is 25.4 Å². The summed E-state index contributed by atoms with van der Waals surface area (Å²) in [6.45, 7) is 4.19. The van der Waals surface area contributed by atoms with E-state index in [0.717, 1.165) is 49.9 Å². The van der Waals surface area contributed by atoms with E-state index in [9.17, 15) is 14.0 Å². The monoisotopic (exact) mass is 465 g/mol. The van der Waals surface area contributed by atoms with Gasteiger partial charge in [0.2, 0.25) is 5.91 Å². The maximum absolute atomic E-state index is 13.0. The van der Waals surface area contributed by atoms with Crippen molar-refractivity contribution in [2.75, 3.05) is 6.54 Å². The summed E-state index contributed by atoms with van der Waals surface area (Å²) in [5.74, 6) is 0.694. The number of rotatable bonds is 10. The maximum atomic E-state index is 13.0. The molecule has 1 N–H and O–H groups in total. The summed E-state index contributed by atoms with van der Waals surface area (Å²) in [6, 6.07) is 13.5. The molecule has 2 amide bonds. The molecule has 0 saturated heterocycles. The molecule has 2 heterocycles. The smallest absolute Gasteiger partial charge is 0.287 e. The number of carbonyl (C=O) groups excluding carboxylic acids is 2. The van der Waals surface area contributed by atoms with Gasteiger partial charge in [0.15, 0.2) is 5.76 Å². The number of nitrogens with zero attached hydrogens (tertiary/aromatic N) is 2. The number of hydrogen-bond donors (Lipinski definition) is 1. The molecule has 1 aliphatic carbocycles. The SMILES string of the molecule is CCCN(Cc1cccn1Cc1ccc(C(=O)NCc2ccc(F)cc2)o1)C(=O)C1CCCC1. The zero-order chi connectivity index (χ0) is 23.9. The molecule has 1 aliphatic rings. The lowest BCUT2D eigenvalue weighted by molar-refractivity contribution is -0.136. The van der Waals surface area contributed by atoms with Gasteiger partial charge in [-0.1, -0.05) is 31.9 Å². The van der Waals surface area contributed by atoms with Crippen LogP contribution in [0.4, 0.5) is 4.39 Å². The van der Waals surface area contributed by atoms with E-state index in [-0.39, 0.29) is 29.3 Å². The van der Waals surface area contributed by atoms with Gasteiger partial charge < -0.3 is 19.2 Å². The van der Waals surface area contributed by atoms with Crippen molar-refractivity contribution in [3.05, 3.63) is 83.3 Å². The van der Waals surface area contributed by atoms with Crippen LogP contribution in [-0.4, -0.2) is 27.8 Å². The minimum Gasteiger partial charge on any atom is -0.454 e. The molecule has 1 saturated carbocycles. The van der Waals surface area contributed by atoms with E-state index in [1.54, 1.807) is 24.3 Å². The van der Waals surface area contributed by atoms with Crippen molar-refractivity contribution in [3.63, 3.8) is 0 Å². The van der Waals surface area contributed by atoms with E-state index < -0.39 is 0 Å². The van der Waals surface area contributed by atoms with Gasteiger partial charge in [-0.3, -0.25) is 9.59 Å². The fourth-order valence-corrected chi connectivity index (χ4v) is 4.54. The van der Waals surface area contributed by atoms with E-state index in [1.807, 2.05) is 23.2 Å². The number of benzene rings is 1. The van der Waals surface area contributed by atoms with Crippen molar-refractivity contribution in [2.45, 2.75) is 58.7 Å². The lowest BCUT2D eigenvalue weighted by Gasteiger charge is -2.26. The number of furan rings is 1. The third kappa shape index (κ3) is 5.95. The van der Waals surface area contributed by atoms with Crippen molar-refractivity contribution in [1.82, 2.24) is 14.8 Å². The first-order valence-electron chi connectivity index (χ1n) is 12.1. The molecule has 0 spiro atoms. The summed E-state index contributed by atoms with van der Waals surface area (Å²) >= 11 is 0. The Bertz CT molecular complexity index is 1100. The van der Waals surface area contributed by atoms with Crippen LogP contribution in [-0.2, 0) is 24.4 Å². The van der Waals surface area contributed by atoms with Gasteiger partial charge in [0.1, 0.15) is 11.6 Å². The normalized spacial score (nSPS) is 13.8. The Labute approximate surface area is 199 Å².